The number of benzene rings is 2. The van der Waals surface area contributed by atoms with Gasteiger partial charge in [-0.1, -0.05) is 25.1 Å². The smallest absolute Gasteiger partial charge is 0.251 e. The molecular weight excluding hydrogens is 412 g/mol. The summed E-state index contributed by atoms with van der Waals surface area (Å²) in [6, 6.07) is 16.3. The first-order chi connectivity index (χ1) is 14.5. The van der Waals surface area contributed by atoms with Gasteiger partial charge >= 0.3 is 0 Å². The summed E-state index contributed by atoms with van der Waals surface area (Å²) in [5, 5.41) is 6.62. The summed E-state index contributed by atoms with van der Waals surface area (Å²) >= 11 is 0. The van der Waals surface area contributed by atoms with E-state index in [1.165, 1.54) is 0 Å². The van der Waals surface area contributed by atoms with Crippen LogP contribution >= 0.6 is 12.4 Å². The van der Waals surface area contributed by atoms with Crippen LogP contribution in [0.3, 0.4) is 0 Å². The molecule has 2 aliphatic rings. The van der Waals surface area contributed by atoms with E-state index in [2.05, 4.69) is 23.6 Å². The number of nitrogens with one attached hydrogen (secondary N) is 2. The SMILES string of the molecule is CCC(=O)N1c2ccccc2[C@H](Nc2ccc(C(=O)NC3CC(N)C3)cc2)C[C@@H]1C.Cl. The van der Waals surface area contributed by atoms with E-state index in [1.807, 2.05) is 54.3 Å². The Kier molecular flexibility index (Phi) is 7.23. The Morgan fingerprint density at radius 3 is 2.39 bits per heavy atom. The molecule has 1 aliphatic carbocycles. The maximum atomic E-state index is 12.5. The molecule has 4 N–H and O–H groups in total. The standard InChI is InChI=1S/C24H30N4O2.ClH/c1-3-23(29)28-15(2)12-21(20-6-4-5-7-22(20)28)26-18-10-8-16(9-11-18)24(30)27-19-13-17(25)14-19;/h4-11,15,17,19,21,26H,3,12-14,25H2,1-2H3,(H,27,30);1H/t15-,17?,19?,21+;/m0./s1. The van der Waals surface area contributed by atoms with E-state index in [0.717, 1.165) is 36.2 Å². The van der Waals surface area contributed by atoms with Gasteiger partial charge < -0.3 is 21.3 Å². The molecule has 0 unspecified atom stereocenters. The fourth-order valence-corrected chi connectivity index (χ4v) is 4.47. The minimum absolute atomic E-state index is 0. The molecule has 1 fully saturated rings. The van der Waals surface area contributed by atoms with Crippen LogP contribution in [0.2, 0.25) is 0 Å². The van der Waals surface area contributed by atoms with Gasteiger partial charge in [0.1, 0.15) is 0 Å². The lowest BCUT2D eigenvalue weighted by molar-refractivity contribution is -0.118. The first-order valence-corrected chi connectivity index (χ1v) is 10.8. The Hall–Kier alpha value is -2.57. The summed E-state index contributed by atoms with van der Waals surface area (Å²) in [7, 11) is 0. The molecule has 166 valence electrons. The van der Waals surface area contributed by atoms with Gasteiger partial charge in [-0.05, 0) is 62.1 Å². The van der Waals surface area contributed by atoms with E-state index < -0.39 is 0 Å². The molecule has 2 atom stereocenters. The molecule has 0 radical (unpaired) electrons. The van der Waals surface area contributed by atoms with Crippen LogP contribution in [0.15, 0.2) is 48.5 Å². The summed E-state index contributed by atoms with van der Waals surface area (Å²) in [4.78, 5) is 26.8. The zero-order valence-electron chi connectivity index (χ0n) is 18.0. The van der Waals surface area contributed by atoms with E-state index in [4.69, 9.17) is 5.73 Å². The molecular formula is C24H31ClN4O2. The van der Waals surface area contributed by atoms with Crippen LogP contribution in [0.25, 0.3) is 0 Å². The topological polar surface area (TPSA) is 87.5 Å². The lowest BCUT2D eigenvalue weighted by atomic mass is 9.87. The number of fused-ring (bicyclic) bond motifs is 1. The molecule has 31 heavy (non-hydrogen) atoms. The zero-order valence-corrected chi connectivity index (χ0v) is 18.8. The van der Waals surface area contributed by atoms with Crippen molar-refractivity contribution in [3.63, 3.8) is 0 Å². The van der Waals surface area contributed by atoms with E-state index in [0.29, 0.717) is 12.0 Å². The highest BCUT2D eigenvalue weighted by Crippen LogP contribution is 2.39. The highest BCUT2D eigenvalue weighted by atomic mass is 35.5. The zero-order chi connectivity index (χ0) is 21.3. The van der Waals surface area contributed by atoms with Crippen LogP contribution < -0.4 is 21.3 Å². The van der Waals surface area contributed by atoms with Gasteiger partial charge in [-0.3, -0.25) is 9.59 Å². The van der Waals surface area contributed by atoms with Crippen LogP contribution in [-0.2, 0) is 4.79 Å². The minimum Gasteiger partial charge on any atom is -0.378 e. The monoisotopic (exact) mass is 442 g/mol. The summed E-state index contributed by atoms with van der Waals surface area (Å²) in [5.41, 5.74) is 9.50. The molecule has 2 aromatic carbocycles. The average molecular weight is 443 g/mol. The number of hydrogen-bond donors (Lipinski definition) is 3. The molecule has 6 nitrogen and oxygen atoms in total. The van der Waals surface area contributed by atoms with E-state index in [-0.39, 0.29) is 48.4 Å². The van der Waals surface area contributed by atoms with E-state index in [1.54, 1.807) is 0 Å². The number of rotatable bonds is 5. The van der Waals surface area contributed by atoms with Crippen molar-refractivity contribution in [2.75, 3.05) is 10.2 Å². The third kappa shape index (κ3) is 4.86. The number of halogens is 1. The Bertz CT molecular complexity index is 927. The van der Waals surface area contributed by atoms with E-state index >= 15 is 0 Å². The molecule has 2 aromatic rings. The van der Waals surface area contributed by atoms with Crippen molar-refractivity contribution in [3.8, 4) is 0 Å². The van der Waals surface area contributed by atoms with Gasteiger partial charge in [-0.25, -0.2) is 0 Å². The number of carbonyl (C=O) groups excluding carboxylic acids is 2. The molecule has 2 amide bonds. The number of carbonyl (C=O) groups is 2. The van der Waals surface area contributed by atoms with Gasteiger partial charge in [0, 0.05) is 41.5 Å². The highest BCUT2D eigenvalue weighted by molar-refractivity contribution is 5.96. The Morgan fingerprint density at radius 1 is 1.06 bits per heavy atom. The molecule has 0 bridgehead atoms. The molecule has 1 aliphatic heterocycles. The second-order valence-electron chi connectivity index (χ2n) is 8.44. The van der Waals surface area contributed by atoms with Gasteiger partial charge in [0.25, 0.3) is 5.91 Å². The number of nitrogens with zero attached hydrogens (tertiary/aromatic N) is 1. The lowest BCUT2D eigenvalue weighted by Gasteiger charge is -2.40. The molecule has 7 heteroatoms. The number of para-hydroxylation sites is 1. The summed E-state index contributed by atoms with van der Waals surface area (Å²) in [6.07, 6.45) is 3.02. The summed E-state index contributed by atoms with van der Waals surface area (Å²) < 4.78 is 0. The van der Waals surface area contributed by atoms with Crippen LogP contribution in [0.1, 0.15) is 61.5 Å². The molecule has 0 spiro atoms. The second kappa shape index (κ2) is 9.71. The van der Waals surface area contributed by atoms with Crippen molar-refractivity contribution < 1.29 is 9.59 Å². The number of amides is 2. The van der Waals surface area contributed by atoms with Crippen LogP contribution in [0.4, 0.5) is 11.4 Å². The maximum Gasteiger partial charge on any atom is 0.251 e. The van der Waals surface area contributed by atoms with Crippen molar-refractivity contribution in [1.82, 2.24) is 5.32 Å². The molecule has 1 heterocycles. The summed E-state index contributed by atoms with van der Waals surface area (Å²) in [6.45, 7) is 4.00. The minimum atomic E-state index is -0.0520. The lowest BCUT2D eigenvalue weighted by Crippen LogP contribution is -2.50. The maximum absolute atomic E-state index is 12.5. The van der Waals surface area contributed by atoms with Gasteiger partial charge in [-0.15, -0.1) is 12.4 Å². The average Bonchev–Trinajstić information content (AvgIpc) is 2.72. The summed E-state index contributed by atoms with van der Waals surface area (Å²) in [5.74, 6) is 0.0972. The molecule has 0 aromatic heterocycles. The van der Waals surface area contributed by atoms with Crippen molar-refractivity contribution in [1.29, 1.82) is 0 Å². The predicted molar refractivity (Wildman–Crippen MR) is 127 cm³/mol. The van der Waals surface area contributed by atoms with E-state index in [9.17, 15) is 9.59 Å². The van der Waals surface area contributed by atoms with Gasteiger partial charge in [0.2, 0.25) is 5.91 Å². The van der Waals surface area contributed by atoms with Crippen molar-refractivity contribution >= 4 is 35.6 Å². The molecule has 4 rings (SSSR count). The van der Waals surface area contributed by atoms with Gasteiger partial charge in [0.15, 0.2) is 0 Å². The largest absolute Gasteiger partial charge is 0.378 e. The van der Waals surface area contributed by atoms with Crippen molar-refractivity contribution in [2.24, 2.45) is 5.73 Å². The quantitative estimate of drug-likeness (QED) is 0.652. The number of anilines is 2. The normalized spacial score (nSPS) is 24.3. The Morgan fingerprint density at radius 2 is 1.74 bits per heavy atom. The fraction of sp³-hybridized carbons (Fsp3) is 0.417. The third-order valence-corrected chi connectivity index (χ3v) is 6.16. The Labute approximate surface area is 190 Å². The highest BCUT2D eigenvalue weighted by Gasteiger charge is 2.33. The van der Waals surface area contributed by atoms with Crippen molar-refractivity contribution in [2.45, 2.75) is 63.7 Å². The molecule has 0 saturated heterocycles. The fourth-order valence-electron chi connectivity index (χ4n) is 4.47. The second-order valence-corrected chi connectivity index (χ2v) is 8.44. The van der Waals surface area contributed by atoms with Crippen LogP contribution in [-0.4, -0.2) is 29.9 Å². The van der Waals surface area contributed by atoms with Crippen LogP contribution in [0, 0.1) is 0 Å². The Balaban J connectivity index is 0.00000272. The molecule has 1 saturated carbocycles. The van der Waals surface area contributed by atoms with Gasteiger partial charge in [0.05, 0.1) is 6.04 Å². The third-order valence-electron chi connectivity index (χ3n) is 6.16. The van der Waals surface area contributed by atoms with Crippen molar-refractivity contribution in [3.05, 3.63) is 59.7 Å². The van der Waals surface area contributed by atoms with Gasteiger partial charge in [-0.2, -0.15) is 0 Å². The first-order valence-electron chi connectivity index (χ1n) is 10.8. The van der Waals surface area contributed by atoms with Crippen LogP contribution in [0.5, 0.6) is 0 Å². The number of nitrogens with two attached hydrogens (primary N) is 1. The predicted octanol–water partition coefficient (Wildman–Crippen LogP) is 4.02. The number of hydrogen-bond acceptors (Lipinski definition) is 4. The first kappa shape index (κ1) is 23.1.